The molecule has 6 heteroatoms. The van der Waals surface area contributed by atoms with Crippen molar-refractivity contribution in [2.75, 3.05) is 5.32 Å². The Labute approximate surface area is 146 Å². The molecule has 0 fully saturated rings. The van der Waals surface area contributed by atoms with Crippen molar-refractivity contribution in [2.45, 2.75) is 51.6 Å². The molecule has 0 saturated heterocycles. The summed E-state index contributed by atoms with van der Waals surface area (Å²) in [5.41, 5.74) is 2.88. The Bertz CT molecular complexity index is 979. The summed E-state index contributed by atoms with van der Waals surface area (Å²) in [6, 6.07) is 8.64. The molecule has 4 rings (SSSR count). The normalized spacial score (nSPS) is 17.5. The topological polar surface area (TPSA) is 75.6 Å². The number of nitrogens with one attached hydrogen (secondary N) is 2. The second-order valence-corrected chi connectivity index (χ2v) is 7.67. The van der Waals surface area contributed by atoms with Crippen LogP contribution in [0.25, 0.3) is 11.0 Å². The van der Waals surface area contributed by atoms with Crippen LogP contribution in [-0.4, -0.2) is 19.7 Å². The summed E-state index contributed by atoms with van der Waals surface area (Å²) in [5, 5.41) is 8.31. The minimum absolute atomic E-state index is 0.160. The number of nitrogens with zero attached hydrogens (tertiary/aromatic N) is 3. The average molecular weight is 337 g/mol. The van der Waals surface area contributed by atoms with Crippen LogP contribution >= 0.6 is 0 Å². The van der Waals surface area contributed by atoms with E-state index in [2.05, 4.69) is 44.6 Å². The highest BCUT2D eigenvalue weighted by Gasteiger charge is 2.23. The van der Waals surface area contributed by atoms with Gasteiger partial charge in [0.1, 0.15) is 5.39 Å². The van der Waals surface area contributed by atoms with Gasteiger partial charge in [0, 0.05) is 0 Å². The number of aromatic amines is 1. The van der Waals surface area contributed by atoms with E-state index in [1.54, 1.807) is 10.9 Å². The molecule has 1 aromatic carbocycles. The Morgan fingerprint density at radius 2 is 2.08 bits per heavy atom. The zero-order valence-electron chi connectivity index (χ0n) is 14.8. The van der Waals surface area contributed by atoms with Gasteiger partial charge < -0.3 is 5.32 Å². The van der Waals surface area contributed by atoms with E-state index in [4.69, 9.17) is 0 Å². The molecule has 0 amide bonds. The number of hydrogen-bond donors (Lipinski definition) is 2. The van der Waals surface area contributed by atoms with Gasteiger partial charge in [-0.05, 0) is 51.2 Å². The van der Waals surface area contributed by atoms with Crippen LogP contribution in [0.1, 0.15) is 50.8 Å². The molecule has 25 heavy (non-hydrogen) atoms. The molecular formula is C19H23N5O. The molecule has 2 N–H and O–H groups in total. The van der Waals surface area contributed by atoms with Gasteiger partial charge >= 0.3 is 0 Å². The number of hydrogen-bond acceptors (Lipinski definition) is 4. The number of benzene rings is 1. The summed E-state index contributed by atoms with van der Waals surface area (Å²) < 4.78 is 1.80. The minimum atomic E-state index is -0.239. The molecule has 2 aromatic heterocycles. The molecule has 2 heterocycles. The van der Waals surface area contributed by atoms with Crippen LogP contribution in [0.4, 0.5) is 5.95 Å². The molecule has 0 bridgehead atoms. The lowest BCUT2D eigenvalue weighted by atomic mass is 9.88. The Morgan fingerprint density at radius 1 is 1.28 bits per heavy atom. The summed E-state index contributed by atoms with van der Waals surface area (Å²) >= 11 is 0. The third-order valence-electron chi connectivity index (χ3n) is 4.75. The fraction of sp³-hybridized carbons (Fsp3) is 0.421. The minimum Gasteiger partial charge on any atom is -0.349 e. The summed E-state index contributed by atoms with van der Waals surface area (Å²) in [6.45, 7) is 6.15. The molecule has 1 atom stereocenters. The van der Waals surface area contributed by atoms with Gasteiger partial charge in [-0.25, -0.2) is 4.68 Å². The summed E-state index contributed by atoms with van der Waals surface area (Å²) in [4.78, 5) is 20.0. The lowest BCUT2D eigenvalue weighted by molar-refractivity contribution is 0.366. The van der Waals surface area contributed by atoms with E-state index >= 15 is 0 Å². The number of rotatable bonds is 2. The van der Waals surface area contributed by atoms with Crippen LogP contribution in [0.3, 0.4) is 0 Å². The van der Waals surface area contributed by atoms with Gasteiger partial charge in [0.05, 0.1) is 17.8 Å². The smallest absolute Gasteiger partial charge is 0.263 e. The highest BCUT2D eigenvalue weighted by molar-refractivity contribution is 5.74. The monoisotopic (exact) mass is 337 g/mol. The molecule has 6 nitrogen and oxygen atoms in total. The zero-order chi connectivity index (χ0) is 17.6. The molecular weight excluding hydrogens is 314 g/mol. The van der Waals surface area contributed by atoms with Crippen LogP contribution in [-0.2, 0) is 12.0 Å². The van der Waals surface area contributed by atoms with Crippen molar-refractivity contribution in [1.29, 1.82) is 0 Å². The van der Waals surface area contributed by atoms with Crippen LogP contribution in [0, 0.1) is 0 Å². The van der Waals surface area contributed by atoms with Gasteiger partial charge in [-0.3, -0.25) is 9.78 Å². The fourth-order valence-corrected chi connectivity index (χ4v) is 3.55. The van der Waals surface area contributed by atoms with Crippen molar-refractivity contribution >= 4 is 17.0 Å². The van der Waals surface area contributed by atoms with Crippen LogP contribution in [0.2, 0.25) is 0 Å². The van der Waals surface area contributed by atoms with Crippen LogP contribution < -0.4 is 10.9 Å². The van der Waals surface area contributed by atoms with Crippen LogP contribution in [0.15, 0.2) is 35.3 Å². The second-order valence-electron chi connectivity index (χ2n) is 7.67. The molecule has 1 aliphatic rings. The first-order valence-corrected chi connectivity index (χ1v) is 8.76. The van der Waals surface area contributed by atoms with E-state index < -0.39 is 0 Å². The van der Waals surface area contributed by atoms with Gasteiger partial charge in [0.15, 0.2) is 5.65 Å². The van der Waals surface area contributed by atoms with Crippen molar-refractivity contribution < 1.29 is 0 Å². The fourth-order valence-electron chi connectivity index (χ4n) is 3.55. The van der Waals surface area contributed by atoms with Gasteiger partial charge in [-0.2, -0.15) is 10.1 Å². The summed E-state index contributed by atoms with van der Waals surface area (Å²) in [7, 11) is 0. The molecule has 0 saturated carbocycles. The summed E-state index contributed by atoms with van der Waals surface area (Å²) in [6.07, 6.45) is 4.85. The standard InChI is InChI=1S/C19H23N5O/c1-19(2,3)24-16-14(11-20-24)17(25)23-18(22-16)21-15-10-6-8-12-7-4-5-9-13(12)15/h4-5,7,9,11,15H,6,8,10H2,1-3H3,(H2,21,22,23,25). The zero-order valence-corrected chi connectivity index (χ0v) is 14.8. The highest BCUT2D eigenvalue weighted by Crippen LogP contribution is 2.31. The maximum Gasteiger partial charge on any atom is 0.263 e. The second kappa shape index (κ2) is 5.72. The highest BCUT2D eigenvalue weighted by atomic mass is 16.1. The van der Waals surface area contributed by atoms with Gasteiger partial charge in [0.2, 0.25) is 5.95 Å². The van der Waals surface area contributed by atoms with E-state index in [0.29, 0.717) is 17.0 Å². The van der Waals surface area contributed by atoms with E-state index in [9.17, 15) is 4.79 Å². The van der Waals surface area contributed by atoms with Crippen molar-refractivity contribution in [2.24, 2.45) is 0 Å². The predicted octanol–water partition coefficient (Wildman–Crippen LogP) is 3.36. The first kappa shape index (κ1) is 15.9. The van der Waals surface area contributed by atoms with Gasteiger partial charge in [0.25, 0.3) is 5.56 Å². The quantitative estimate of drug-likeness (QED) is 0.752. The molecule has 3 aromatic rings. The number of fused-ring (bicyclic) bond motifs is 2. The predicted molar refractivity (Wildman–Crippen MR) is 98.9 cm³/mol. The first-order chi connectivity index (χ1) is 11.9. The van der Waals surface area contributed by atoms with Crippen LogP contribution in [0.5, 0.6) is 0 Å². The lowest BCUT2D eigenvalue weighted by Gasteiger charge is -2.26. The third-order valence-corrected chi connectivity index (χ3v) is 4.75. The molecule has 0 radical (unpaired) electrons. The van der Waals surface area contributed by atoms with E-state index in [-0.39, 0.29) is 17.1 Å². The average Bonchev–Trinajstić information content (AvgIpc) is 3.00. The molecule has 0 spiro atoms. The molecule has 1 unspecified atom stereocenters. The number of anilines is 1. The Balaban J connectivity index is 1.75. The Hall–Kier alpha value is -2.63. The van der Waals surface area contributed by atoms with Crippen molar-refractivity contribution in [3.8, 4) is 0 Å². The Kier molecular flexibility index (Phi) is 3.63. The summed E-state index contributed by atoms with van der Waals surface area (Å²) in [5.74, 6) is 0.505. The maximum atomic E-state index is 12.4. The van der Waals surface area contributed by atoms with Gasteiger partial charge in [-0.15, -0.1) is 0 Å². The van der Waals surface area contributed by atoms with Gasteiger partial charge in [-0.1, -0.05) is 24.3 Å². The molecule has 1 aliphatic carbocycles. The lowest BCUT2D eigenvalue weighted by Crippen LogP contribution is -2.25. The molecule has 130 valence electrons. The van der Waals surface area contributed by atoms with Crippen molar-refractivity contribution in [3.63, 3.8) is 0 Å². The number of aryl methyl sites for hydroxylation is 1. The van der Waals surface area contributed by atoms with E-state index in [1.165, 1.54) is 11.1 Å². The number of H-pyrrole nitrogens is 1. The van der Waals surface area contributed by atoms with E-state index in [1.807, 2.05) is 20.8 Å². The molecule has 0 aliphatic heterocycles. The number of aromatic nitrogens is 4. The first-order valence-electron chi connectivity index (χ1n) is 8.76. The third kappa shape index (κ3) is 2.81. The van der Waals surface area contributed by atoms with E-state index in [0.717, 1.165) is 19.3 Å². The maximum absolute atomic E-state index is 12.4. The van der Waals surface area contributed by atoms with Crippen molar-refractivity contribution in [1.82, 2.24) is 19.7 Å². The largest absolute Gasteiger partial charge is 0.349 e. The SMILES string of the molecule is CC(C)(C)n1ncc2c(=O)[nH]c(NC3CCCc4ccccc43)nc21. The Morgan fingerprint density at radius 3 is 2.88 bits per heavy atom. The van der Waals surface area contributed by atoms with Crippen molar-refractivity contribution in [3.05, 3.63) is 51.9 Å².